The van der Waals surface area contributed by atoms with Crippen LogP contribution in [0.2, 0.25) is 0 Å². The summed E-state index contributed by atoms with van der Waals surface area (Å²) >= 11 is 0. The lowest BCUT2D eigenvalue weighted by atomic mass is 10.5. The summed E-state index contributed by atoms with van der Waals surface area (Å²) in [5, 5.41) is 7.88. The Bertz CT molecular complexity index is 58.8. The van der Waals surface area contributed by atoms with E-state index >= 15 is 0 Å². The summed E-state index contributed by atoms with van der Waals surface area (Å²) in [6.45, 7) is 9.50. The maximum atomic E-state index is 7.88. The highest BCUT2D eigenvalue weighted by atomic mass is 16.7. The van der Waals surface area contributed by atoms with Gasteiger partial charge in [-0.15, -0.1) is 0 Å². The fourth-order valence-electron chi connectivity index (χ4n) is 0.518. The molecule has 0 radical (unpaired) electrons. The molecular weight excluding hydrogens is 156 g/mol. The van der Waals surface area contributed by atoms with Crippen molar-refractivity contribution in [3.05, 3.63) is 0 Å². The fourth-order valence-corrected chi connectivity index (χ4v) is 0.518. The van der Waals surface area contributed by atoms with Crippen molar-refractivity contribution in [2.75, 3.05) is 19.8 Å². The molecule has 1 N–H and O–H groups in total. The van der Waals surface area contributed by atoms with E-state index in [9.17, 15) is 0 Å². The molecule has 76 valence electrons. The second-order valence-electron chi connectivity index (χ2n) is 2.20. The van der Waals surface area contributed by atoms with Crippen LogP contribution in [0.3, 0.4) is 0 Å². The van der Waals surface area contributed by atoms with Crippen LogP contribution < -0.4 is 0 Å². The van der Waals surface area contributed by atoms with Crippen LogP contribution >= 0.6 is 0 Å². The summed E-state index contributed by atoms with van der Waals surface area (Å²) < 4.78 is 10.1. The highest BCUT2D eigenvalue weighted by Crippen LogP contribution is 1.90. The summed E-state index contributed by atoms with van der Waals surface area (Å²) in [4.78, 5) is 0. The maximum Gasteiger partial charge on any atom is 0.154 e. The molecule has 0 aromatic rings. The number of aliphatic hydroxyl groups excluding tert-OH is 1. The molecule has 0 amide bonds. The molecule has 0 saturated heterocycles. The summed E-state index contributed by atoms with van der Waals surface area (Å²) in [5.41, 5.74) is 0. The Morgan fingerprint density at radius 2 is 1.42 bits per heavy atom. The summed E-state index contributed by atoms with van der Waals surface area (Å²) in [7, 11) is 0. The number of aliphatic hydroxyl groups is 1. The van der Waals surface area contributed by atoms with Crippen LogP contribution in [0.25, 0.3) is 0 Å². The van der Waals surface area contributed by atoms with Crippen LogP contribution in [0, 0.1) is 0 Å². The van der Waals surface area contributed by atoms with E-state index in [2.05, 4.69) is 0 Å². The fraction of sp³-hybridized carbons (Fsp3) is 1.00. The minimum atomic E-state index is -0.0370. The van der Waals surface area contributed by atoms with Gasteiger partial charge < -0.3 is 14.6 Å². The smallest absolute Gasteiger partial charge is 0.154 e. The van der Waals surface area contributed by atoms with Gasteiger partial charge in [-0.1, -0.05) is 6.92 Å². The Kier molecular flexibility index (Phi) is 16.2. The standard InChI is InChI=1S/C6H14O2.C3H8O/c1-4-7-6(3)8-5-2;1-2-3-4/h6H,4-5H2,1-3H3;4H,2-3H2,1H3. The van der Waals surface area contributed by atoms with Crippen molar-refractivity contribution in [1.82, 2.24) is 0 Å². The van der Waals surface area contributed by atoms with Crippen molar-refractivity contribution in [1.29, 1.82) is 0 Å². The average molecular weight is 178 g/mol. The lowest BCUT2D eigenvalue weighted by molar-refractivity contribution is -0.123. The van der Waals surface area contributed by atoms with Crippen molar-refractivity contribution < 1.29 is 14.6 Å². The van der Waals surface area contributed by atoms with E-state index in [0.717, 1.165) is 19.6 Å². The number of ether oxygens (including phenoxy) is 2. The third-order valence-electron chi connectivity index (χ3n) is 1.03. The lowest BCUT2D eigenvalue weighted by Crippen LogP contribution is -2.11. The summed E-state index contributed by atoms with van der Waals surface area (Å²) in [6.07, 6.45) is 0.838. The molecule has 0 aliphatic rings. The first-order valence-electron chi connectivity index (χ1n) is 4.56. The quantitative estimate of drug-likeness (QED) is 0.652. The third kappa shape index (κ3) is 16.5. The second-order valence-corrected chi connectivity index (χ2v) is 2.20. The van der Waals surface area contributed by atoms with Gasteiger partial charge in [-0.25, -0.2) is 0 Å². The van der Waals surface area contributed by atoms with Crippen LogP contribution in [-0.4, -0.2) is 31.2 Å². The van der Waals surface area contributed by atoms with E-state index in [1.807, 2.05) is 27.7 Å². The van der Waals surface area contributed by atoms with E-state index in [-0.39, 0.29) is 6.29 Å². The van der Waals surface area contributed by atoms with Gasteiger partial charge in [0, 0.05) is 19.8 Å². The van der Waals surface area contributed by atoms with E-state index in [1.165, 1.54) is 0 Å². The van der Waals surface area contributed by atoms with E-state index in [0.29, 0.717) is 6.61 Å². The van der Waals surface area contributed by atoms with Gasteiger partial charge in [-0.2, -0.15) is 0 Å². The maximum absolute atomic E-state index is 7.88. The molecular formula is C9H22O3. The number of hydrogen-bond donors (Lipinski definition) is 1. The SMILES string of the molecule is CCCO.CCOC(C)OCC. The Balaban J connectivity index is 0. The first-order chi connectivity index (χ1) is 5.72. The van der Waals surface area contributed by atoms with Gasteiger partial charge in [0.15, 0.2) is 6.29 Å². The molecule has 0 aromatic carbocycles. The topological polar surface area (TPSA) is 38.7 Å². The summed E-state index contributed by atoms with van der Waals surface area (Å²) in [6, 6.07) is 0. The molecule has 0 atom stereocenters. The minimum Gasteiger partial charge on any atom is -0.396 e. The van der Waals surface area contributed by atoms with Crippen LogP contribution in [0.15, 0.2) is 0 Å². The van der Waals surface area contributed by atoms with Gasteiger partial charge in [0.25, 0.3) is 0 Å². The van der Waals surface area contributed by atoms with Crippen LogP contribution in [0.1, 0.15) is 34.1 Å². The molecule has 0 spiro atoms. The Morgan fingerprint density at radius 1 is 1.08 bits per heavy atom. The molecule has 3 nitrogen and oxygen atoms in total. The van der Waals surface area contributed by atoms with Gasteiger partial charge in [-0.3, -0.25) is 0 Å². The van der Waals surface area contributed by atoms with E-state index in [4.69, 9.17) is 14.6 Å². The highest BCUT2D eigenvalue weighted by molar-refractivity contribution is 4.26. The van der Waals surface area contributed by atoms with Crippen LogP contribution in [0.4, 0.5) is 0 Å². The molecule has 0 heterocycles. The Morgan fingerprint density at radius 3 is 1.58 bits per heavy atom. The zero-order valence-electron chi connectivity index (χ0n) is 8.67. The molecule has 0 unspecified atom stereocenters. The van der Waals surface area contributed by atoms with Crippen LogP contribution in [0.5, 0.6) is 0 Å². The highest BCUT2D eigenvalue weighted by Gasteiger charge is 1.94. The Hall–Kier alpha value is -0.120. The predicted molar refractivity (Wildman–Crippen MR) is 50.1 cm³/mol. The predicted octanol–water partition coefficient (Wildman–Crippen LogP) is 1.79. The van der Waals surface area contributed by atoms with Gasteiger partial charge >= 0.3 is 0 Å². The zero-order chi connectivity index (χ0) is 9.82. The summed E-state index contributed by atoms with van der Waals surface area (Å²) in [5.74, 6) is 0. The van der Waals surface area contributed by atoms with Crippen molar-refractivity contribution in [3.8, 4) is 0 Å². The molecule has 0 aliphatic carbocycles. The third-order valence-corrected chi connectivity index (χ3v) is 1.03. The molecule has 0 aliphatic heterocycles. The first kappa shape index (κ1) is 14.4. The molecule has 0 saturated carbocycles. The number of hydrogen-bond acceptors (Lipinski definition) is 3. The normalized spacial score (nSPS) is 9.50. The van der Waals surface area contributed by atoms with Gasteiger partial charge in [-0.05, 0) is 27.2 Å². The molecule has 0 rings (SSSR count). The Labute approximate surface area is 75.7 Å². The minimum absolute atomic E-state index is 0.0370. The molecule has 0 aromatic heterocycles. The molecule has 12 heavy (non-hydrogen) atoms. The lowest BCUT2D eigenvalue weighted by Gasteiger charge is -2.09. The van der Waals surface area contributed by atoms with Crippen molar-refractivity contribution in [3.63, 3.8) is 0 Å². The number of rotatable bonds is 5. The first-order valence-corrected chi connectivity index (χ1v) is 4.56. The van der Waals surface area contributed by atoms with Crippen LogP contribution in [-0.2, 0) is 9.47 Å². The van der Waals surface area contributed by atoms with Crippen molar-refractivity contribution >= 4 is 0 Å². The largest absolute Gasteiger partial charge is 0.396 e. The van der Waals surface area contributed by atoms with E-state index in [1.54, 1.807) is 0 Å². The molecule has 0 bridgehead atoms. The van der Waals surface area contributed by atoms with Crippen molar-refractivity contribution in [2.24, 2.45) is 0 Å². The van der Waals surface area contributed by atoms with Gasteiger partial charge in [0.1, 0.15) is 0 Å². The zero-order valence-corrected chi connectivity index (χ0v) is 8.67. The van der Waals surface area contributed by atoms with Crippen molar-refractivity contribution in [2.45, 2.75) is 40.4 Å². The molecule has 3 heteroatoms. The average Bonchev–Trinajstić information content (AvgIpc) is 2.06. The van der Waals surface area contributed by atoms with Gasteiger partial charge in [0.2, 0.25) is 0 Å². The van der Waals surface area contributed by atoms with Gasteiger partial charge in [0.05, 0.1) is 0 Å². The van der Waals surface area contributed by atoms with E-state index < -0.39 is 0 Å². The monoisotopic (exact) mass is 178 g/mol. The second kappa shape index (κ2) is 13.5. The molecule has 0 fully saturated rings.